The second kappa shape index (κ2) is 6.21. The first kappa shape index (κ1) is 12.6. The number of carbonyl (C=O) groups excluding carboxylic acids is 1. The summed E-state index contributed by atoms with van der Waals surface area (Å²) in [6, 6.07) is 6.07. The number of rotatable bonds is 5. The molecule has 0 N–H and O–H groups in total. The Morgan fingerprint density at radius 1 is 1.19 bits per heavy atom. The molecule has 1 nitrogen and oxygen atoms in total. The smallest absolute Gasteiger partial charge is 0.160 e. The molecule has 86 valence electrons. The van der Waals surface area contributed by atoms with E-state index < -0.39 is 0 Å². The summed E-state index contributed by atoms with van der Waals surface area (Å²) in [5.41, 5.74) is 2.02. The summed E-state index contributed by atoms with van der Waals surface area (Å²) in [7, 11) is 0. The zero-order chi connectivity index (χ0) is 12.0. The number of carbonyl (C=O) groups is 1. The Kier molecular flexibility index (Phi) is 4.90. The van der Waals surface area contributed by atoms with Gasteiger partial charge in [0, 0.05) is 6.42 Å². The zero-order valence-corrected chi connectivity index (χ0v) is 9.79. The van der Waals surface area contributed by atoms with E-state index in [9.17, 15) is 9.18 Å². The Morgan fingerprint density at radius 2 is 1.75 bits per heavy atom. The maximum Gasteiger partial charge on any atom is 0.160 e. The van der Waals surface area contributed by atoms with Crippen molar-refractivity contribution in [2.75, 3.05) is 0 Å². The highest BCUT2D eigenvalue weighted by Crippen LogP contribution is 2.08. The van der Waals surface area contributed by atoms with Crippen molar-refractivity contribution >= 4 is 5.78 Å². The first-order valence-electron chi connectivity index (χ1n) is 5.62. The molecule has 0 bridgehead atoms. The van der Waals surface area contributed by atoms with Gasteiger partial charge >= 0.3 is 0 Å². The molecule has 0 unspecified atom stereocenters. The van der Waals surface area contributed by atoms with Gasteiger partial charge in [-0.3, -0.25) is 4.79 Å². The second-order valence-corrected chi connectivity index (χ2v) is 3.78. The number of hydrogen-bond donors (Lipinski definition) is 0. The molecular formula is C14H17FO. The van der Waals surface area contributed by atoms with Crippen LogP contribution < -0.4 is 0 Å². The highest BCUT2D eigenvalue weighted by Gasteiger charge is 2.02. The van der Waals surface area contributed by atoms with Crippen molar-refractivity contribution < 1.29 is 9.18 Å². The van der Waals surface area contributed by atoms with Crippen LogP contribution in [-0.2, 0) is 11.2 Å². The van der Waals surface area contributed by atoms with Crippen LogP contribution in [0.15, 0.2) is 35.9 Å². The minimum atomic E-state index is -0.269. The van der Waals surface area contributed by atoms with Crippen molar-refractivity contribution in [2.45, 2.75) is 33.1 Å². The molecule has 16 heavy (non-hydrogen) atoms. The normalized spacial score (nSPS) is 9.94. The molecule has 0 saturated carbocycles. The van der Waals surface area contributed by atoms with Gasteiger partial charge in [-0.15, -0.1) is 0 Å². The van der Waals surface area contributed by atoms with Crippen molar-refractivity contribution in [3.63, 3.8) is 0 Å². The third-order valence-electron chi connectivity index (χ3n) is 2.56. The van der Waals surface area contributed by atoms with Crippen molar-refractivity contribution in [3.05, 3.63) is 47.3 Å². The molecule has 0 heterocycles. The first-order chi connectivity index (χ1) is 7.65. The molecule has 0 spiro atoms. The fourth-order valence-electron chi connectivity index (χ4n) is 1.54. The zero-order valence-electron chi connectivity index (χ0n) is 9.79. The molecule has 0 atom stereocenters. The van der Waals surface area contributed by atoms with E-state index in [1.165, 1.54) is 12.1 Å². The molecule has 0 aromatic heterocycles. The van der Waals surface area contributed by atoms with Crippen LogP contribution in [0, 0.1) is 5.82 Å². The van der Waals surface area contributed by atoms with Gasteiger partial charge in [-0.2, -0.15) is 0 Å². The topological polar surface area (TPSA) is 17.1 Å². The lowest BCUT2D eigenvalue weighted by Gasteiger charge is -2.01. The number of allylic oxidation sites excluding steroid dienone is 2. The SMILES string of the molecule is CCC(=CC(=O)Cc1ccc(F)cc1)CC. The predicted molar refractivity (Wildman–Crippen MR) is 63.8 cm³/mol. The minimum Gasteiger partial charge on any atom is -0.294 e. The van der Waals surface area contributed by atoms with E-state index in [2.05, 4.69) is 0 Å². The number of hydrogen-bond acceptors (Lipinski definition) is 1. The molecule has 0 fully saturated rings. The first-order valence-corrected chi connectivity index (χ1v) is 5.62. The van der Waals surface area contributed by atoms with Crippen LogP contribution in [-0.4, -0.2) is 5.78 Å². The molecule has 2 heteroatoms. The van der Waals surface area contributed by atoms with E-state index in [0.29, 0.717) is 6.42 Å². The van der Waals surface area contributed by atoms with Crippen molar-refractivity contribution in [3.8, 4) is 0 Å². The van der Waals surface area contributed by atoms with Crippen LogP contribution >= 0.6 is 0 Å². The van der Waals surface area contributed by atoms with Crippen LogP contribution in [0.3, 0.4) is 0 Å². The maximum atomic E-state index is 12.6. The standard InChI is InChI=1S/C14H17FO/c1-3-11(4-2)9-14(16)10-12-5-7-13(15)8-6-12/h5-9H,3-4,10H2,1-2H3. The fraction of sp³-hybridized carbons (Fsp3) is 0.357. The third kappa shape index (κ3) is 3.97. The Morgan fingerprint density at radius 3 is 2.25 bits per heavy atom. The van der Waals surface area contributed by atoms with E-state index >= 15 is 0 Å². The van der Waals surface area contributed by atoms with E-state index in [1.807, 2.05) is 13.8 Å². The lowest BCUT2D eigenvalue weighted by Crippen LogP contribution is -2.00. The summed E-state index contributed by atoms with van der Waals surface area (Å²) in [5.74, 6) is -0.181. The van der Waals surface area contributed by atoms with Gasteiger partial charge in [-0.05, 0) is 36.6 Å². The molecule has 0 aliphatic rings. The number of halogens is 1. The molecule has 0 saturated heterocycles. The predicted octanol–water partition coefficient (Wildman–Crippen LogP) is 3.68. The Labute approximate surface area is 96.0 Å². The van der Waals surface area contributed by atoms with Crippen LogP contribution in [0.2, 0.25) is 0 Å². The van der Waals surface area contributed by atoms with Crippen molar-refractivity contribution in [1.82, 2.24) is 0 Å². The van der Waals surface area contributed by atoms with Gasteiger partial charge < -0.3 is 0 Å². The number of benzene rings is 1. The highest BCUT2D eigenvalue weighted by molar-refractivity contribution is 5.92. The highest BCUT2D eigenvalue weighted by atomic mass is 19.1. The lowest BCUT2D eigenvalue weighted by atomic mass is 10.0. The maximum absolute atomic E-state index is 12.6. The summed E-state index contributed by atoms with van der Waals surface area (Å²) >= 11 is 0. The molecule has 0 radical (unpaired) electrons. The summed E-state index contributed by atoms with van der Waals surface area (Å²) in [6.07, 6.45) is 3.88. The third-order valence-corrected chi connectivity index (χ3v) is 2.56. The van der Waals surface area contributed by atoms with Gasteiger partial charge in [0.1, 0.15) is 5.82 Å². The summed E-state index contributed by atoms with van der Waals surface area (Å²) in [6.45, 7) is 4.08. The average Bonchev–Trinajstić information content (AvgIpc) is 2.29. The van der Waals surface area contributed by atoms with Crippen LogP contribution in [0.1, 0.15) is 32.3 Å². The van der Waals surface area contributed by atoms with Crippen molar-refractivity contribution in [1.29, 1.82) is 0 Å². The lowest BCUT2D eigenvalue weighted by molar-refractivity contribution is -0.114. The molecule has 0 amide bonds. The van der Waals surface area contributed by atoms with Gasteiger partial charge in [0.25, 0.3) is 0 Å². The van der Waals surface area contributed by atoms with Gasteiger partial charge in [0.15, 0.2) is 5.78 Å². The van der Waals surface area contributed by atoms with E-state index in [1.54, 1.807) is 18.2 Å². The quantitative estimate of drug-likeness (QED) is 0.692. The van der Waals surface area contributed by atoms with Gasteiger partial charge in [-0.1, -0.05) is 31.6 Å². The van der Waals surface area contributed by atoms with Crippen LogP contribution in [0.25, 0.3) is 0 Å². The Hall–Kier alpha value is -1.44. The number of ketones is 1. The molecule has 0 aliphatic heterocycles. The van der Waals surface area contributed by atoms with Gasteiger partial charge in [0.05, 0.1) is 0 Å². The second-order valence-electron chi connectivity index (χ2n) is 3.78. The molecular weight excluding hydrogens is 203 g/mol. The largest absolute Gasteiger partial charge is 0.294 e. The molecule has 0 aliphatic carbocycles. The molecule has 1 rings (SSSR count). The minimum absolute atomic E-state index is 0.0882. The molecule has 1 aromatic rings. The Balaban J connectivity index is 2.64. The van der Waals surface area contributed by atoms with E-state index in [4.69, 9.17) is 0 Å². The van der Waals surface area contributed by atoms with Gasteiger partial charge in [0.2, 0.25) is 0 Å². The average molecular weight is 220 g/mol. The molecule has 1 aromatic carbocycles. The summed E-state index contributed by atoms with van der Waals surface area (Å²) < 4.78 is 12.6. The van der Waals surface area contributed by atoms with Crippen molar-refractivity contribution in [2.24, 2.45) is 0 Å². The fourth-order valence-corrected chi connectivity index (χ4v) is 1.54. The summed E-state index contributed by atoms with van der Waals surface area (Å²) in [5, 5.41) is 0. The van der Waals surface area contributed by atoms with Crippen LogP contribution in [0.5, 0.6) is 0 Å². The van der Waals surface area contributed by atoms with Gasteiger partial charge in [-0.25, -0.2) is 4.39 Å². The van der Waals surface area contributed by atoms with E-state index in [0.717, 1.165) is 24.0 Å². The Bertz CT molecular complexity index is 370. The van der Waals surface area contributed by atoms with E-state index in [-0.39, 0.29) is 11.6 Å². The summed E-state index contributed by atoms with van der Waals surface area (Å²) in [4.78, 5) is 11.7. The van der Waals surface area contributed by atoms with Crippen LogP contribution in [0.4, 0.5) is 4.39 Å². The monoisotopic (exact) mass is 220 g/mol.